The molecule has 9 heteroatoms. The van der Waals surface area contributed by atoms with E-state index < -0.39 is 0 Å². The van der Waals surface area contributed by atoms with Crippen LogP contribution in [-0.4, -0.2) is 72.2 Å². The average Bonchev–Trinajstić information content (AvgIpc) is 3.25. The Hall–Kier alpha value is -2.32. The van der Waals surface area contributed by atoms with Gasteiger partial charge in [0.05, 0.1) is 23.8 Å². The van der Waals surface area contributed by atoms with Crippen LogP contribution < -0.4 is 4.74 Å². The summed E-state index contributed by atoms with van der Waals surface area (Å²) in [4.78, 5) is 21.0. The fourth-order valence-corrected chi connectivity index (χ4v) is 4.60. The molecule has 1 fully saturated rings. The van der Waals surface area contributed by atoms with Crippen LogP contribution in [0.25, 0.3) is 11.0 Å². The van der Waals surface area contributed by atoms with Gasteiger partial charge in [-0.3, -0.25) is 14.7 Å². The molecular formula is C23H25Cl2N3O4. The van der Waals surface area contributed by atoms with Crippen molar-refractivity contribution in [2.75, 3.05) is 46.4 Å². The third-order valence-electron chi connectivity index (χ3n) is 5.84. The molecule has 0 unspecified atom stereocenters. The fourth-order valence-electron chi connectivity index (χ4n) is 4.05. The van der Waals surface area contributed by atoms with E-state index in [0.29, 0.717) is 59.6 Å². The molecule has 32 heavy (non-hydrogen) atoms. The lowest BCUT2D eigenvalue weighted by molar-refractivity contribution is 0.0587. The molecular weight excluding hydrogens is 453 g/mol. The van der Waals surface area contributed by atoms with Gasteiger partial charge in [0.2, 0.25) is 0 Å². The number of pyridine rings is 1. The number of aliphatic hydroxyl groups excluding tert-OH is 1. The van der Waals surface area contributed by atoms with Crippen LogP contribution in [0.4, 0.5) is 0 Å². The van der Waals surface area contributed by atoms with Gasteiger partial charge in [-0.2, -0.15) is 0 Å². The lowest BCUT2D eigenvalue weighted by Gasteiger charge is -2.33. The maximum Gasteiger partial charge on any atom is 0.289 e. The summed E-state index contributed by atoms with van der Waals surface area (Å²) < 4.78 is 11.5. The Morgan fingerprint density at radius 2 is 1.88 bits per heavy atom. The van der Waals surface area contributed by atoms with Gasteiger partial charge < -0.3 is 19.2 Å². The van der Waals surface area contributed by atoms with Crippen molar-refractivity contribution >= 4 is 40.1 Å². The van der Waals surface area contributed by atoms with Crippen LogP contribution in [0.3, 0.4) is 0 Å². The lowest BCUT2D eigenvalue weighted by atomic mass is 10.0. The summed E-state index contributed by atoms with van der Waals surface area (Å²) in [6, 6.07) is 5.62. The molecule has 0 spiro atoms. The molecule has 1 N–H and O–H groups in total. The van der Waals surface area contributed by atoms with Gasteiger partial charge in [-0.1, -0.05) is 29.3 Å². The highest BCUT2D eigenvalue weighted by Crippen LogP contribution is 2.33. The molecule has 7 nitrogen and oxygen atoms in total. The first-order chi connectivity index (χ1) is 15.5. The summed E-state index contributed by atoms with van der Waals surface area (Å²) >= 11 is 12.5. The van der Waals surface area contributed by atoms with Gasteiger partial charge in [0.1, 0.15) is 0 Å². The Kier molecular flexibility index (Phi) is 7.20. The molecule has 3 aromatic rings. The second-order valence-electron chi connectivity index (χ2n) is 7.72. The number of hydrogen-bond acceptors (Lipinski definition) is 6. The number of β-amino-alcohol motifs (C(OH)–C–C–N with tert-alkyl or cyclic N) is 1. The van der Waals surface area contributed by atoms with E-state index in [4.69, 9.17) is 37.5 Å². The molecule has 0 bridgehead atoms. The predicted octanol–water partition coefficient (Wildman–Crippen LogP) is 3.68. The zero-order valence-electron chi connectivity index (χ0n) is 17.8. The maximum atomic E-state index is 13.1. The molecule has 0 radical (unpaired) electrons. The standard InChI is InChI=1S/C23H25Cl2N3O4/c1-31-20-5-3-15(2-4-16-18(24)13-26-14-19(16)25)17-12-21(32-22(17)20)23(30)28-8-6-27(7-9-28)10-11-29/h3,5,12-14,29H,2,4,6-11H2,1H3. The molecule has 3 heterocycles. The molecule has 0 aliphatic carbocycles. The second-order valence-corrected chi connectivity index (χ2v) is 8.53. The molecule has 0 saturated carbocycles. The van der Waals surface area contributed by atoms with Crippen molar-refractivity contribution in [1.29, 1.82) is 0 Å². The second kappa shape index (κ2) is 10.1. The number of carbonyl (C=O) groups excluding carboxylic acids is 1. The molecule has 4 rings (SSSR count). The normalized spacial score (nSPS) is 14.8. The smallest absolute Gasteiger partial charge is 0.289 e. The molecule has 0 atom stereocenters. The Balaban J connectivity index is 1.58. The van der Waals surface area contributed by atoms with Crippen LogP contribution >= 0.6 is 23.2 Å². The summed E-state index contributed by atoms with van der Waals surface area (Å²) in [6.45, 7) is 3.40. The number of amides is 1. The van der Waals surface area contributed by atoms with E-state index >= 15 is 0 Å². The number of carbonyl (C=O) groups is 1. The minimum atomic E-state index is -0.141. The number of piperazine rings is 1. The highest BCUT2D eigenvalue weighted by Gasteiger charge is 2.25. The van der Waals surface area contributed by atoms with Crippen LogP contribution in [0.15, 0.2) is 35.0 Å². The number of methoxy groups -OCH3 is 1. The number of hydrogen-bond donors (Lipinski definition) is 1. The van der Waals surface area contributed by atoms with Gasteiger partial charge in [-0.25, -0.2) is 0 Å². The molecule has 1 aliphatic heterocycles. The van der Waals surface area contributed by atoms with Gasteiger partial charge in [-0.15, -0.1) is 0 Å². The van der Waals surface area contributed by atoms with E-state index in [1.807, 2.05) is 12.1 Å². The summed E-state index contributed by atoms with van der Waals surface area (Å²) in [5, 5.41) is 11.0. The van der Waals surface area contributed by atoms with E-state index in [1.54, 1.807) is 30.5 Å². The van der Waals surface area contributed by atoms with E-state index in [2.05, 4.69) is 9.88 Å². The zero-order chi connectivity index (χ0) is 22.7. The van der Waals surface area contributed by atoms with Gasteiger partial charge in [0.15, 0.2) is 17.1 Å². The number of aliphatic hydroxyl groups is 1. The largest absolute Gasteiger partial charge is 0.493 e. The SMILES string of the molecule is COc1ccc(CCc2c(Cl)cncc2Cl)c2cc(C(=O)N3CCN(CCO)CC3)oc12. The Bertz CT molecular complexity index is 1090. The van der Waals surface area contributed by atoms with Crippen LogP contribution in [0.2, 0.25) is 10.0 Å². The van der Waals surface area contributed by atoms with E-state index in [1.165, 1.54) is 0 Å². The van der Waals surface area contributed by atoms with E-state index in [0.717, 1.165) is 29.6 Å². The first-order valence-electron chi connectivity index (χ1n) is 10.5. The first kappa shape index (κ1) is 22.9. The minimum Gasteiger partial charge on any atom is -0.493 e. The number of rotatable bonds is 7. The number of halogens is 2. The Morgan fingerprint density at radius 3 is 2.53 bits per heavy atom. The summed E-state index contributed by atoms with van der Waals surface area (Å²) in [5.74, 6) is 0.731. The van der Waals surface area contributed by atoms with Crippen molar-refractivity contribution in [1.82, 2.24) is 14.8 Å². The summed E-state index contributed by atoms with van der Waals surface area (Å²) in [6.07, 6.45) is 4.46. The van der Waals surface area contributed by atoms with E-state index in [9.17, 15) is 4.79 Å². The minimum absolute atomic E-state index is 0.121. The van der Waals surface area contributed by atoms with Gasteiger partial charge in [0.25, 0.3) is 5.91 Å². The number of nitrogens with zero attached hydrogens (tertiary/aromatic N) is 3. The number of aromatic nitrogens is 1. The van der Waals surface area contributed by atoms with Crippen molar-refractivity contribution in [3.63, 3.8) is 0 Å². The summed E-state index contributed by atoms with van der Waals surface area (Å²) in [5.41, 5.74) is 2.41. The lowest BCUT2D eigenvalue weighted by Crippen LogP contribution is -2.49. The van der Waals surface area contributed by atoms with Gasteiger partial charge in [-0.05, 0) is 36.1 Å². The van der Waals surface area contributed by atoms with Crippen LogP contribution in [0.5, 0.6) is 5.75 Å². The maximum absolute atomic E-state index is 13.1. The quantitative estimate of drug-likeness (QED) is 0.558. The topological polar surface area (TPSA) is 79.0 Å². The number of ether oxygens (including phenoxy) is 1. The Morgan fingerprint density at radius 1 is 1.16 bits per heavy atom. The fraction of sp³-hybridized carbons (Fsp3) is 0.391. The number of furan rings is 1. The van der Waals surface area contributed by atoms with Crippen molar-refractivity contribution in [2.24, 2.45) is 0 Å². The van der Waals surface area contributed by atoms with Crippen molar-refractivity contribution < 1.29 is 19.1 Å². The molecule has 1 aliphatic rings. The first-order valence-corrected chi connectivity index (χ1v) is 11.3. The Labute approximate surface area is 196 Å². The monoisotopic (exact) mass is 477 g/mol. The number of aryl methyl sites for hydroxylation is 1. The van der Waals surface area contributed by atoms with Crippen LogP contribution in [0, 0.1) is 0 Å². The predicted molar refractivity (Wildman–Crippen MR) is 124 cm³/mol. The molecule has 1 amide bonds. The average molecular weight is 478 g/mol. The molecule has 170 valence electrons. The molecule has 1 aromatic carbocycles. The molecule has 1 saturated heterocycles. The molecule has 2 aromatic heterocycles. The van der Waals surface area contributed by atoms with Crippen molar-refractivity contribution in [3.05, 3.63) is 57.5 Å². The summed E-state index contributed by atoms with van der Waals surface area (Å²) in [7, 11) is 1.58. The third-order valence-corrected chi connectivity index (χ3v) is 6.49. The van der Waals surface area contributed by atoms with E-state index in [-0.39, 0.29) is 12.5 Å². The van der Waals surface area contributed by atoms with Gasteiger partial charge in [0, 0.05) is 50.5 Å². The highest BCUT2D eigenvalue weighted by molar-refractivity contribution is 6.35. The van der Waals surface area contributed by atoms with Crippen molar-refractivity contribution in [3.8, 4) is 5.75 Å². The third kappa shape index (κ3) is 4.71. The van der Waals surface area contributed by atoms with Crippen LogP contribution in [0.1, 0.15) is 21.7 Å². The number of benzene rings is 1. The zero-order valence-corrected chi connectivity index (χ0v) is 19.3. The number of fused-ring (bicyclic) bond motifs is 1. The van der Waals surface area contributed by atoms with Crippen molar-refractivity contribution in [2.45, 2.75) is 12.8 Å². The van der Waals surface area contributed by atoms with Crippen LogP contribution in [-0.2, 0) is 12.8 Å². The van der Waals surface area contributed by atoms with Gasteiger partial charge >= 0.3 is 0 Å². The highest BCUT2D eigenvalue weighted by atomic mass is 35.5.